The van der Waals surface area contributed by atoms with Gasteiger partial charge in [0.15, 0.2) is 5.65 Å². The Labute approximate surface area is 125 Å². The van der Waals surface area contributed by atoms with Crippen molar-refractivity contribution in [2.24, 2.45) is 0 Å². The number of rotatable bonds is 3. The molecule has 5 nitrogen and oxygen atoms in total. The molecular weight excluding hydrogens is 284 g/mol. The van der Waals surface area contributed by atoms with Gasteiger partial charge in [-0.25, -0.2) is 15.0 Å². The lowest BCUT2D eigenvalue weighted by Gasteiger charge is -2.02. The van der Waals surface area contributed by atoms with Crippen LogP contribution in [-0.4, -0.2) is 31.6 Å². The summed E-state index contributed by atoms with van der Waals surface area (Å²) >= 11 is 1.62. The van der Waals surface area contributed by atoms with Crippen LogP contribution in [0, 0.1) is 11.8 Å². The van der Waals surface area contributed by atoms with Gasteiger partial charge in [0.25, 0.3) is 0 Å². The maximum absolute atomic E-state index is 8.73. The van der Waals surface area contributed by atoms with Gasteiger partial charge >= 0.3 is 0 Å². The second-order valence-electron chi connectivity index (χ2n) is 4.23. The lowest BCUT2D eigenvalue weighted by Crippen LogP contribution is -1.88. The van der Waals surface area contributed by atoms with Crippen molar-refractivity contribution in [3.8, 4) is 11.8 Å². The molecule has 0 aliphatic carbocycles. The topological polar surface area (TPSA) is 74.7 Å². The van der Waals surface area contributed by atoms with E-state index in [1.807, 2.05) is 24.3 Å². The zero-order valence-electron chi connectivity index (χ0n) is 11.1. The van der Waals surface area contributed by atoms with E-state index in [1.54, 1.807) is 18.1 Å². The molecule has 2 aromatic heterocycles. The van der Waals surface area contributed by atoms with E-state index in [-0.39, 0.29) is 6.61 Å². The molecule has 21 heavy (non-hydrogen) atoms. The van der Waals surface area contributed by atoms with E-state index in [9.17, 15) is 0 Å². The number of nitrogens with one attached hydrogen (secondary N) is 1. The fourth-order valence-corrected chi connectivity index (χ4v) is 2.78. The van der Waals surface area contributed by atoms with E-state index < -0.39 is 0 Å². The van der Waals surface area contributed by atoms with Crippen molar-refractivity contribution in [1.82, 2.24) is 19.9 Å². The van der Waals surface area contributed by atoms with Crippen molar-refractivity contribution in [3.05, 3.63) is 48.0 Å². The average Bonchev–Trinajstić information content (AvgIpc) is 3.00. The van der Waals surface area contributed by atoms with Crippen LogP contribution in [0.1, 0.15) is 11.1 Å². The van der Waals surface area contributed by atoms with Gasteiger partial charge in [0.05, 0.1) is 6.33 Å². The molecule has 0 radical (unpaired) electrons. The third-order valence-electron chi connectivity index (χ3n) is 2.80. The van der Waals surface area contributed by atoms with E-state index in [2.05, 4.69) is 31.8 Å². The number of fused-ring (bicyclic) bond motifs is 1. The van der Waals surface area contributed by atoms with Gasteiger partial charge in [-0.2, -0.15) is 0 Å². The highest BCUT2D eigenvalue weighted by Gasteiger charge is 2.06. The quantitative estimate of drug-likeness (QED) is 0.439. The molecule has 0 bridgehead atoms. The zero-order chi connectivity index (χ0) is 14.5. The summed E-state index contributed by atoms with van der Waals surface area (Å²) in [6.45, 7) is -0.127. The minimum Gasteiger partial charge on any atom is -0.384 e. The highest BCUT2D eigenvalue weighted by Crippen LogP contribution is 2.25. The third-order valence-corrected chi connectivity index (χ3v) is 3.86. The molecule has 0 atom stereocenters. The molecule has 2 heterocycles. The monoisotopic (exact) mass is 296 g/mol. The maximum atomic E-state index is 8.73. The Hall–Kier alpha value is -2.36. The van der Waals surface area contributed by atoms with Crippen LogP contribution in [0.4, 0.5) is 0 Å². The number of hydrogen-bond acceptors (Lipinski definition) is 5. The number of benzene rings is 1. The van der Waals surface area contributed by atoms with Gasteiger partial charge in [0, 0.05) is 11.3 Å². The minimum absolute atomic E-state index is 0.127. The van der Waals surface area contributed by atoms with Gasteiger partial charge in [-0.1, -0.05) is 35.7 Å². The summed E-state index contributed by atoms with van der Waals surface area (Å²) < 4.78 is 0. The number of aliphatic hydroxyl groups is 1. The first-order chi connectivity index (χ1) is 10.4. The predicted octanol–water partition coefficient (Wildman–Crippen LogP) is 1.99. The fraction of sp³-hybridized carbons (Fsp3) is 0.133. The molecule has 104 valence electrons. The van der Waals surface area contributed by atoms with Gasteiger partial charge in [-0.05, 0) is 17.7 Å². The Kier molecular flexibility index (Phi) is 4.15. The molecule has 0 aliphatic heterocycles. The fourth-order valence-electron chi connectivity index (χ4n) is 1.88. The van der Waals surface area contributed by atoms with Crippen molar-refractivity contribution in [2.75, 3.05) is 6.61 Å². The van der Waals surface area contributed by atoms with Crippen LogP contribution in [0.2, 0.25) is 0 Å². The highest BCUT2D eigenvalue weighted by molar-refractivity contribution is 7.98. The van der Waals surface area contributed by atoms with Gasteiger partial charge in [-0.15, -0.1) is 0 Å². The molecule has 0 fully saturated rings. The SMILES string of the molecule is OCC#Cc1cccc(CSc2ncnc3nc[nH]c23)c1. The second-order valence-corrected chi connectivity index (χ2v) is 5.19. The molecule has 1 aromatic carbocycles. The number of hydrogen-bond donors (Lipinski definition) is 2. The molecule has 0 amide bonds. The van der Waals surface area contributed by atoms with E-state index in [1.165, 1.54) is 6.33 Å². The van der Waals surface area contributed by atoms with E-state index in [0.717, 1.165) is 27.4 Å². The summed E-state index contributed by atoms with van der Waals surface area (Å²) in [5, 5.41) is 9.61. The largest absolute Gasteiger partial charge is 0.384 e. The van der Waals surface area contributed by atoms with Crippen LogP contribution in [0.25, 0.3) is 11.2 Å². The predicted molar refractivity (Wildman–Crippen MR) is 81.7 cm³/mol. The molecule has 3 aromatic rings. The first-order valence-electron chi connectivity index (χ1n) is 6.32. The summed E-state index contributed by atoms with van der Waals surface area (Å²) in [4.78, 5) is 15.6. The number of aliphatic hydroxyl groups excluding tert-OH is 1. The van der Waals surface area contributed by atoms with Gasteiger partial charge in [0.1, 0.15) is 23.5 Å². The zero-order valence-corrected chi connectivity index (χ0v) is 11.9. The molecule has 6 heteroatoms. The summed E-state index contributed by atoms with van der Waals surface area (Å²) in [5.74, 6) is 6.34. The van der Waals surface area contributed by atoms with Crippen molar-refractivity contribution in [3.63, 3.8) is 0 Å². The number of thioether (sulfide) groups is 1. The van der Waals surface area contributed by atoms with E-state index in [0.29, 0.717) is 5.65 Å². The van der Waals surface area contributed by atoms with Crippen LogP contribution < -0.4 is 0 Å². The lowest BCUT2D eigenvalue weighted by molar-refractivity contribution is 0.350. The van der Waals surface area contributed by atoms with E-state index in [4.69, 9.17) is 5.11 Å². The summed E-state index contributed by atoms with van der Waals surface area (Å²) in [7, 11) is 0. The van der Waals surface area contributed by atoms with Crippen molar-refractivity contribution in [2.45, 2.75) is 10.8 Å². The van der Waals surface area contributed by atoms with Crippen molar-refractivity contribution < 1.29 is 5.11 Å². The Balaban J connectivity index is 1.77. The van der Waals surface area contributed by atoms with Crippen LogP contribution in [0.3, 0.4) is 0 Å². The summed E-state index contributed by atoms with van der Waals surface area (Å²) in [6, 6.07) is 7.95. The second kappa shape index (κ2) is 6.39. The average molecular weight is 296 g/mol. The molecule has 0 spiro atoms. The smallest absolute Gasteiger partial charge is 0.181 e. The first-order valence-corrected chi connectivity index (χ1v) is 7.31. The number of aromatic nitrogens is 4. The number of imidazole rings is 1. The van der Waals surface area contributed by atoms with Gasteiger partial charge in [-0.3, -0.25) is 0 Å². The normalized spacial score (nSPS) is 10.3. The summed E-state index contributed by atoms with van der Waals surface area (Å²) in [6.07, 6.45) is 3.14. The van der Waals surface area contributed by atoms with Crippen LogP contribution in [0.15, 0.2) is 41.9 Å². The Morgan fingerprint density at radius 2 is 2.19 bits per heavy atom. The molecule has 0 saturated carbocycles. The van der Waals surface area contributed by atoms with Crippen LogP contribution in [-0.2, 0) is 5.75 Å². The Morgan fingerprint density at radius 3 is 3.10 bits per heavy atom. The van der Waals surface area contributed by atoms with Crippen molar-refractivity contribution >= 4 is 22.9 Å². The van der Waals surface area contributed by atoms with Crippen molar-refractivity contribution in [1.29, 1.82) is 0 Å². The Bertz CT molecular complexity index is 819. The standard InChI is InChI=1S/C15H12N4OS/c20-6-2-5-11-3-1-4-12(7-11)8-21-15-13-14(17-9-16-13)18-10-19-15/h1,3-4,7,9-10,20H,6,8H2,(H,16,17,18,19). The third kappa shape index (κ3) is 3.21. The maximum Gasteiger partial charge on any atom is 0.181 e. The van der Waals surface area contributed by atoms with Gasteiger partial charge in [0.2, 0.25) is 0 Å². The molecule has 0 saturated heterocycles. The highest BCUT2D eigenvalue weighted by atomic mass is 32.2. The number of aromatic amines is 1. The molecular formula is C15H12N4OS. The molecule has 0 unspecified atom stereocenters. The van der Waals surface area contributed by atoms with E-state index >= 15 is 0 Å². The van der Waals surface area contributed by atoms with Crippen LogP contribution in [0.5, 0.6) is 0 Å². The molecule has 0 aliphatic rings. The minimum atomic E-state index is -0.127. The van der Waals surface area contributed by atoms with Gasteiger partial charge < -0.3 is 10.1 Å². The van der Waals surface area contributed by atoms with Crippen LogP contribution >= 0.6 is 11.8 Å². The first kappa shape index (κ1) is 13.6. The molecule has 3 rings (SSSR count). The molecule has 2 N–H and O–H groups in total. The summed E-state index contributed by atoms with van der Waals surface area (Å²) in [5.41, 5.74) is 3.58. The Morgan fingerprint density at radius 1 is 1.24 bits per heavy atom. The number of H-pyrrole nitrogens is 1. The number of nitrogens with zero attached hydrogens (tertiary/aromatic N) is 3. The lowest BCUT2D eigenvalue weighted by atomic mass is 10.1.